The first kappa shape index (κ1) is 15.3. The van der Waals surface area contributed by atoms with E-state index in [1.807, 2.05) is 42.6 Å². The Morgan fingerprint density at radius 2 is 2.09 bits per heavy atom. The predicted molar refractivity (Wildman–Crippen MR) is 92.9 cm³/mol. The zero-order valence-corrected chi connectivity index (χ0v) is 13.9. The van der Waals surface area contributed by atoms with Crippen molar-refractivity contribution in [2.24, 2.45) is 0 Å². The van der Waals surface area contributed by atoms with Crippen LogP contribution in [0.4, 0.5) is 0 Å². The number of rotatable bonds is 6. The summed E-state index contributed by atoms with van der Waals surface area (Å²) < 4.78 is 0.786. The molecule has 0 fully saturated rings. The number of likely N-dealkylation sites (N-methyl/N-ethyl adjacent to an activating group) is 1. The first-order valence-electron chi connectivity index (χ1n) is 7.23. The molecule has 0 aliphatic heterocycles. The number of benzene rings is 1. The quantitative estimate of drug-likeness (QED) is 0.670. The fourth-order valence-corrected chi connectivity index (χ4v) is 3.66. The normalized spacial score (nSPS) is 11.4. The minimum Gasteiger partial charge on any atom is -0.360 e. The number of nitrogens with zero attached hydrogens (tertiary/aromatic N) is 1. The molecule has 0 aliphatic carbocycles. The number of halogens is 1. The van der Waals surface area contributed by atoms with Gasteiger partial charge < -0.3 is 4.98 Å². The topological polar surface area (TPSA) is 36.1 Å². The highest BCUT2D eigenvalue weighted by Gasteiger charge is 2.15. The molecule has 114 valence electrons. The van der Waals surface area contributed by atoms with Gasteiger partial charge in [-0.05, 0) is 24.7 Å². The second kappa shape index (κ2) is 6.65. The highest BCUT2D eigenvalue weighted by molar-refractivity contribution is 7.16. The molecule has 22 heavy (non-hydrogen) atoms. The van der Waals surface area contributed by atoms with E-state index in [4.69, 9.17) is 11.6 Å². The standard InChI is InChI=1S/C17H17ClN2OS/c1-2-20(10-12-7-8-17(18)22-12)11-16(21)14-9-19-15-6-4-3-5-13(14)15/h3-9,19H,2,10-11H2,1H3. The molecule has 0 spiro atoms. The minimum atomic E-state index is 0.141. The van der Waals surface area contributed by atoms with Crippen LogP contribution in [0.1, 0.15) is 22.2 Å². The van der Waals surface area contributed by atoms with Crippen LogP contribution in [0.25, 0.3) is 10.9 Å². The highest BCUT2D eigenvalue weighted by atomic mass is 35.5. The summed E-state index contributed by atoms with van der Waals surface area (Å²) in [4.78, 5) is 19.1. The number of aromatic amines is 1. The molecule has 3 aromatic rings. The number of thiophene rings is 1. The van der Waals surface area contributed by atoms with E-state index >= 15 is 0 Å². The van der Waals surface area contributed by atoms with Crippen LogP contribution >= 0.6 is 22.9 Å². The molecule has 3 rings (SSSR count). The van der Waals surface area contributed by atoms with Gasteiger partial charge >= 0.3 is 0 Å². The fraction of sp³-hybridized carbons (Fsp3) is 0.235. The van der Waals surface area contributed by atoms with Crippen LogP contribution in [0.15, 0.2) is 42.6 Å². The fourth-order valence-electron chi connectivity index (χ4n) is 2.53. The van der Waals surface area contributed by atoms with Crippen LogP contribution in [0, 0.1) is 0 Å². The molecule has 0 amide bonds. The van der Waals surface area contributed by atoms with Gasteiger partial charge in [-0.1, -0.05) is 36.7 Å². The Hall–Kier alpha value is -1.62. The number of carbonyl (C=O) groups is 1. The van der Waals surface area contributed by atoms with Gasteiger partial charge in [-0.2, -0.15) is 0 Å². The zero-order valence-electron chi connectivity index (χ0n) is 12.3. The van der Waals surface area contributed by atoms with Gasteiger partial charge in [0.2, 0.25) is 0 Å². The Morgan fingerprint density at radius 3 is 2.82 bits per heavy atom. The predicted octanol–water partition coefficient (Wildman–Crippen LogP) is 4.59. The van der Waals surface area contributed by atoms with E-state index < -0.39 is 0 Å². The maximum absolute atomic E-state index is 12.6. The van der Waals surface area contributed by atoms with Crippen molar-refractivity contribution < 1.29 is 4.79 Å². The summed E-state index contributed by atoms with van der Waals surface area (Å²) in [5.74, 6) is 0.141. The summed E-state index contributed by atoms with van der Waals surface area (Å²) in [5, 5.41) is 0.989. The number of para-hydroxylation sites is 1. The average Bonchev–Trinajstić information content (AvgIpc) is 3.12. The molecule has 2 aromatic heterocycles. The molecular formula is C17H17ClN2OS. The third-order valence-electron chi connectivity index (χ3n) is 3.71. The molecule has 0 atom stereocenters. The lowest BCUT2D eigenvalue weighted by Gasteiger charge is -2.18. The summed E-state index contributed by atoms with van der Waals surface area (Å²) in [6, 6.07) is 11.8. The van der Waals surface area contributed by atoms with Crippen molar-refractivity contribution in [2.75, 3.05) is 13.1 Å². The lowest BCUT2D eigenvalue weighted by atomic mass is 10.1. The van der Waals surface area contributed by atoms with Crippen molar-refractivity contribution in [3.8, 4) is 0 Å². The lowest BCUT2D eigenvalue weighted by molar-refractivity contribution is 0.0932. The van der Waals surface area contributed by atoms with Crippen LogP contribution in [0.2, 0.25) is 4.34 Å². The van der Waals surface area contributed by atoms with Gasteiger partial charge in [0.05, 0.1) is 10.9 Å². The van der Waals surface area contributed by atoms with E-state index in [9.17, 15) is 4.79 Å². The van der Waals surface area contributed by atoms with Crippen LogP contribution in [-0.4, -0.2) is 28.8 Å². The molecule has 0 bridgehead atoms. The number of fused-ring (bicyclic) bond motifs is 1. The summed E-state index contributed by atoms with van der Waals surface area (Å²) >= 11 is 7.53. The monoisotopic (exact) mass is 332 g/mol. The molecule has 5 heteroatoms. The van der Waals surface area contributed by atoms with Crippen LogP contribution in [0.3, 0.4) is 0 Å². The largest absolute Gasteiger partial charge is 0.360 e. The first-order chi connectivity index (χ1) is 10.7. The van der Waals surface area contributed by atoms with Gasteiger partial charge in [0.1, 0.15) is 0 Å². The molecular weight excluding hydrogens is 316 g/mol. The van der Waals surface area contributed by atoms with E-state index in [0.29, 0.717) is 6.54 Å². The van der Waals surface area contributed by atoms with Crippen LogP contribution in [0.5, 0.6) is 0 Å². The Bertz CT molecular complexity index is 793. The third kappa shape index (κ3) is 3.24. The van der Waals surface area contributed by atoms with E-state index in [-0.39, 0.29) is 5.78 Å². The Kier molecular flexibility index (Phi) is 4.62. The van der Waals surface area contributed by atoms with Crippen LogP contribution < -0.4 is 0 Å². The lowest BCUT2D eigenvalue weighted by Crippen LogP contribution is -2.29. The van der Waals surface area contributed by atoms with Crippen molar-refractivity contribution in [3.63, 3.8) is 0 Å². The minimum absolute atomic E-state index is 0.141. The van der Waals surface area contributed by atoms with Gasteiger partial charge in [-0.25, -0.2) is 0 Å². The number of Topliss-reactive ketones (excluding diaryl/α,β-unsaturated/α-hetero) is 1. The molecule has 0 radical (unpaired) electrons. The summed E-state index contributed by atoms with van der Waals surface area (Å²) in [6.45, 7) is 4.05. The Morgan fingerprint density at radius 1 is 1.27 bits per heavy atom. The second-order valence-electron chi connectivity index (χ2n) is 5.18. The Labute approximate surface area is 138 Å². The SMILES string of the molecule is CCN(CC(=O)c1c[nH]c2ccccc12)Cc1ccc(Cl)s1. The molecule has 0 unspecified atom stereocenters. The molecule has 0 saturated carbocycles. The van der Waals surface area contributed by atoms with E-state index in [1.165, 1.54) is 4.88 Å². The van der Waals surface area contributed by atoms with Gasteiger partial charge in [0.15, 0.2) is 5.78 Å². The smallest absolute Gasteiger partial charge is 0.178 e. The van der Waals surface area contributed by atoms with Gasteiger partial charge in [-0.3, -0.25) is 9.69 Å². The summed E-state index contributed by atoms with van der Waals surface area (Å²) in [5.41, 5.74) is 1.76. The van der Waals surface area contributed by atoms with E-state index in [2.05, 4.69) is 16.8 Å². The third-order valence-corrected chi connectivity index (χ3v) is 4.93. The van der Waals surface area contributed by atoms with Crippen molar-refractivity contribution in [3.05, 3.63) is 57.4 Å². The number of ketones is 1. The molecule has 1 N–H and O–H groups in total. The molecule has 0 saturated heterocycles. The Balaban J connectivity index is 1.74. The van der Waals surface area contributed by atoms with E-state index in [0.717, 1.165) is 33.9 Å². The maximum Gasteiger partial charge on any atom is 0.178 e. The van der Waals surface area contributed by atoms with Crippen molar-refractivity contribution in [1.82, 2.24) is 9.88 Å². The molecule has 1 aromatic carbocycles. The van der Waals surface area contributed by atoms with Crippen LogP contribution in [-0.2, 0) is 6.54 Å². The zero-order chi connectivity index (χ0) is 15.5. The number of hydrogen-bond donors (Lipinski definition) is 1. The summed E-state index contributed by atoms with van der Waals surface area (Å²) in [7, 11) is 0. The second-order valence-corrected chi connectivity index (χ2v) is 6.98. The number of hydrogen-bond acceptors (Lipinski definition) is 3. The first-order valence-corrected chi connectivity index (χ1v) is 8.42. The maximum atomic E-state index is 12.6. The van der Waals surface area contributed by atoms with Gasteiger partial charge in [0.25, 0.3) is 0 Å². The van der Waals surface area contributed by atoms with Gasteiger partial charge in [0, 0.05) is 34.1 Å². The van der Waals surface area contributed by atoms with Gasteiger partial charge in [-0.15, -0.1) is 11.3 Å². The molecule has 3 nitrogen and oxygen atoms in total. The molecule has 0 aliphatic rings. The van der Waals surface area contributed by atoms with Crippen molar-refractivity contribution >= 4 is 39.6 Å². The number of aromatic nitrogens is 1. The highest BCUT2D eigenvalue weighted by Crippen LogP contribution is 2.23. The number of nitrogens with one attached hydrogen (secondary N) is 1. The number of H-pyrrole nitrogens is 1. The van der Waals surface area contributed by atoms with Crippen molar-refractivity contribution in [1.29, 1.82) is 0 Å². The summed E-state index contributed by atoms with van der Waals surface area (Å²) in [6.07, 6.45) is 1.81. The van der Waals surface area contributed by atoms with E-state index in [1.54, 1.807) is 11.3 Å². The number of carbonyl (C=O) groups excluding carboxylic acids is 1. The molecule has 2 heterocycles. The average molecular weight is 333 g/mol. The van der Waals surface area contributed by atoms with Crippen molar-refractivity contribution in [2.45, 2.75) is 13.5 Å².